The monoisotopic (exact) mass is 366 g/mol. The van der Waals surface area contributed by atoms with Crippen LogP contribution in [0.1, 0.15) is 66.3 Å². The Kier molecular flexibility index (Phi) is 5.43. The molecule has 0 saturated heterocycles. The molecule has 0 bridgehead atoms. The zero-order valence-corrected chi connectivity index (χ0v) is 16.1. The highest BCUT2D eigenvalue weighted by Gasteiger charge is 2.26. The summed E-state index contributed by atoms with van der Waals surface area (Å²) < 4.78 is 26.9. The first-order valence-electron chi connectivity index (χ1n) is 10.4. The summed E-state index contributed by atoms with van der Waals surface area (Å²) in [5.74, 6) is -0.517. The van der Waals surface area contributed by atoms with Gasteiger partial charge in [0, 0.05) is 0 Å². The van der Waals surface area contributed by atoms with Crippen LogP contribution in [0.15, 0.2) is 42.5 Å². The molecule has 0 amide bonds. The molecule has 0 spiro atoms. The summed E-state index contributed by atoms with van der Waals surface area (Å²) >= 11 is 0. The lowest BCUT2D eigenvalue weighted by molar-refractivity contribution is 0.500. The Labute approximate surface area is 161 Å². The second-order valence-corrected chi connectivity index (χ2v) is 8.17. The molecule has 2 atom stereocenters. The minimum absolute atomic E-state index is 0.291. The van der Waals surface area contributed by atoms with Crippen molar-refractivity contribution in [1.29, 1.82) is 0 Å². The predicted octanol–water partition coefficient (Wildman–Crippen LogP) is 6.70. The Morgan fingerprint density at radius 2 is 1.67 bits per heavy atom. The molecule has 27 heavy (non-hydrogen) atoms. The molecule has 2 unspecified atom stereocenters. The van der Waals surface area contributed by atoms with Crippen LogP contribution in [0.2, 0.25) is 0 Å². The van der Waals surface area contributed by atoms with E-state index in [1.807, 2.05) is 0 Å². The Morgan fingerprint density at radius 3 is 2.41 bits per heavy atom. The van der Waals surface area contributed by atoms with Gasteiger partial charge >= 0.3 is 0 Å². The Balaban J connectivity index is 1.52. The van der Waals surface area contributed by atoms with Gasteiger partial charge in [0.15, 0.2) is 11.6 Å². The molecule has 0 aliphatic heterocycles. The third-order valence-electron chi connectivity index (χ3n) is 6.36. The van der Waals surface area contributed by atoms with E-state index >= 15 is 0 Å². The average Bonchev–Trinajstić information content (AvgIpc) is 2.69. The molecule has 2 aromatic carbocycles. The van der Waals surface area contributed by atoms with E-state index in [2.05, 4.69) is 31.2 Å². The molecule has 0 saturated carbocycles. The first-order chi connectivity index (χ1) is 13.2. The quantitative estimate of drug-likeness (QED) is 0.528. The van der Waals surface area contributed by atoms with E-state index in [0.717, 1.165) is 31.2 Å². The van der Waals surface area contributed by atoms with Crippen molar-refractivity contribution in [3.8, 4) is 0 Å². The third kappa shape index (κ3) is 3.85. The van der Waals surface area contributed by atoms with Crippen molar-refractivity contribution in [1.82, 2.24) is 0 Å². The van der Waals surface area contributed by atoms with Crippen molar-refractivity contribution in [3.63, 3.8) is 0 Å². The van der Waals surface area contributed by atoms with E-state index < -0.39 is 11.6 Å². The second kappa shape index (κ2) is 7.96. The number of unbranched alkanes of at least 4 members (excludes halogenated alkanes) is 1. The van der Waals surface area contributed by atoms with E-state index in [9.17, 15) is 8.78 Å². The second-order valence-electron chi connectivity index (χ2n) is 8.17. The summed E-state index contributed by atoms with van der Waals surface area (Å²) in [6.45, 7) is 2.22. The zero-order chi connectivity index (χ0) is 18.8. The minimum Gasteiger partial charge on any atom is -0.204 e. The number of rotatable bonds is 4. The number of fused-ring (bicyclic) bond motifs is 3. The third-order valence-corrected chi connectivity index (χ3v) is 6.36. The fraction of sp³-hybridized carbons (Fsp3) is 0.440. The van der Waals surface area contributed by atoms with Gasteiger partial charge in [-0.3, -0.25) is 0 Å². The van der Waals surface area contributed by atoms with Crippen molar-refractivity contribution in [2.45, 2.75) is 64.2 Å². The van der Waals surface area contributed by atoms with Gasteiger partial charge in [0.1, 0.15) is 0 Å². The molecule has 0 heterocycles. The zero-order valence-electron chi connectivity index (χ0n) is 16.1. The lowest BCUT2D eigenvalue weighted by Gasteiger charge is -2.31. The van der Waals surface area contributed by atoms with Gasteiger partial charge in [-0.2, -0.15) is 0 Å². The number of hydrogen-bond donors (Lipinski definition) is 0. The predicted molar refractivity (Wildman–Crippen MR) is 107 cm³/mol. The molecule has 0 N–H and O–H groups in total. The fourth-order valence-corrected chi connectivity index (χ4v) is 4.87. The van der Waals surface area contributed by atoms with Gasteiger partial charge in [-0.05, 0) is 96.7 Å². The van der Waals surface area contributed by atoms with Gasteiger partial charge in [0.25, 0.3) is 0 Å². The van der Waals surface area contributed by atoms with Gasteiger partial charge in [0.05, 0.1) is 0 Å². The van der Waals surface area contributed by atoms with Gasteiger partial charge in [-0.1, -0.05) is 43.7 Å². The lowest BCUT2D eigenvalue weighted by Crippen LogP contribution is -2.20. The Bertz CT molecular complexity index is 850. The van der Waals surface area contributed by atoms with Crippen LogP contribution in [0.25, 0.3) is 0 Å². The van der Waals surface area contributed by atoms with E-state index in [1.165, 1.54) is 48.9 Å². The molecule has 4 rings (SSSR count). The van der Waals surface area contributed by atoms with Gasteiger partial charge < -0.3 is 0 Å². The Hall–Kier alpha value is -1.96. The van der Waals surface area contributed by atoms with Crippen LogP contribution >= 0.6 is 0 Å². The molecule has 0 nitrogen and oxygen atoms in total. The first kappa shape index (κ1) is 18.4. The normalized spacial score (nSPS) is 21.9. The van der Waals surface area contributed by atoms with Crippen molar-refractivity contribution in [2.75, 3.05) is 0 Å². The van der Waals surface area contributed by atoms with Crippen LogP contribution in [0.5, 0.6) is 0 Å². The van der Waals surface area contributed by atoms with E-state index in [0.29, 0.717) is 11.8 Å². The van der Waals surface area contributed by atoms with Gasteiger partial charge in [0.2, 0.25) is 0 Å². The highest BCUT2D eigenvalue weighted by Crippen LogP contribution is 2.38. The molecule has 2 aliphatic rings. The topological polar surface area (TPSA) is 0 Å². The summed E-state index contributed by atoms with van der Waals surface area (Å²) in [4.78, 5) is 0. The number of benzene rings is 2. The molecular formula is C25H28F2. The fourth-order valence-electron chi connectivity index (χ4n) is 4.87. The first-order valence-corrected chi connectivity index (χ1v) is 10.4. The molecule has 2 heteroatoms. The van der Waals surface area contributed by atoms with Crippen LogP contribution in [0, 0.1) is 17.6 Å². The van der Waals surface area contributed by atoms with E-state index in [-0.39, 0.29) is 0 Å². The SMILES string of the molecule is CCCC=CC1CCc2c(ccc3c2CCC(c2ccc(F)c(F)c2)C3)C1. The van der Waals surface area contributed by atoms with Crippen LogP contribution in [-0.2, 0) is 25.7 Å². The van der Waals surface area contributed by atoms with Gasteiger partial charge in [-0.25, -0.2) is 8.78 Å². The lowest BCUT2D eigenvalue weighted by atomic mass is 9.74. The maximum absolute atomic E-state index is 13.6. The van der Waals surface area contributed by atoms with Crippen LogP contribution in [0.3, 0.4) is 0 Å². The van der Waals surface area contributed by atoms with Crippen molar-refractivity contribution < 1.29 is 8.78 Å². The standard InChI is InChI=1S/C25H28F2/c1-2-3-4-5-17-6-11-22-20(14-17)7-8-21-15-18(9-12-23(21)22)19-10-13-24(26)25(27)16-19/h4-5,7-8,10,13,16-18H,2-3,6,9,11-12,14-15H2,1H3. The van der Waals surface area contributed by atoms with Crippen molar-refractivity contribution in [2.24, 2.45) is 5.92 Å². The van der Waals surface area contributed by atoms with Crippen LogP contribution < -0.4 is 0 Å². The molecule has 2 aliphatic carbocycles. The van der Waals surface area contributed by atoms with E-state index in [4.69, 9.17) is 0 Å². The van der Waals surface area contributed by atoms with Crippen LogP contribution in [-0.4, -0.2) is 0 Å². The van der Waals surface area contributed by atoms with Gasteiger partial charge in [-0.15, -0.1) is 0 Å². The van der Waals surface area contributed by atoms with Crippen molar-refractivity contribution in [3.05, 3.63) is 81.9 Å². The smallest absolute Gasteiger partial charge is 0.159 e. The van der Waals surface area contributed by atoms with Crippen LogP contribution in [0.4, 0.5) is 8.78 Å². The summed E-state index contributed by atoms with van der Waals surface area (Å²) in [5, 5.41) is 0. The molecule has 0 aromatic heterocycles. The minimum atomic E-state index is -0.758. The Morgan fingerprint density at radius 1 is 0.926 bits per heavy atom. The van der Waals surface area contributed by atoms with E-state index in [1.54, 1.807) is 17.2 Å². The summed E-state index contributed by atoms with van der Waals surface area (Å²) in [6, 6.07) is 9.01. The number of allylic oxidation sites excluding steroid dienone is 2. The molecule has 0 fully saturated rings. The maximum Gasteiger partial charge on any atom is 0.159 e. The molecule has 142 valence electrons. The average molecular weight is 366 g/mol. The summed E-state index contributed by atoms with van der Waals surface area (Å²) in [5.41, 5.74) is 6.99. The highest BCUT2D eigenvalue weighted by atomic mass is 19.2. The maximum atomic E-state index is 13.6. The number of hydrogen-bond acceptors (Lipinski definition) is 0. The highest BCUT2D eigenvalue weighted by molar-refractivity contribution is 5.46. The molecule has 0 radical (unpaired) electrons. The largest absolute Gasteiger partial charge is 0.204 e. The molecule has 2 aromatic rings. The van der Waals surface area contributed by atoms with Crippen molar-refractivity contribution >= 4 is 0 Å². The summed E-state index contributed by atoms with van der Waals surface area (Å²) in [6.07, 6.45) is 13.8. The molecular weight excluding hydrogens is 338 g/mol. The number of halogens is 2. The summed E-state index contributed by atoms with van der Waals surface area (Å²) in [7, 11) is 0.